The summed E-state index contributed by atoms with van der Waals surface area (Å²) in [7, 11) is -5.74. The SMILES string of the molecule is O=C(N[C@H]1CCCC[C@H]2CC[C@@H](C(=O)N3Cc4cccnc4C3)N2C1=O)c1cc2cc(C(F)(F)P(=O)(O)O)ccc2s1. The molecule has 2 saturated heterocycles. The zero-order chi connectivity index (χ0) is 29.8. The zero-order valence-electron chi connectivity index (χ0n) is 22.4. The largest absolute Gasteiger partial charge is 0.399 e. The lowest BCUT2D eigenvalue weighted by atomic mass is 9.99. The molecule has 3 N–H and O–H groups in total. The van der Waals surface area contributed by atoms with Crippen LogP contribution in [0.1, 0.15) is 65.0 Å². The number of nitrogens with one attached hydrogen (secondary N) is 1. The van der Waals surface area contributed by atoms with Gasteiger partial charge in [-0.15, -0.1) is 11.3 Å². The first kappa shape index (κ1) is 28.9. The fourth-order valence-corrected chi connectivity index (χ4v) is 7.64. The van der Waals surface area contributed by atoms with Gasteiger partial charge in [-0.25, -0.2) is 0 Å². The van der Waals surface area contributed by atoms with Crippen LogP contribution < -0.4 is 5.32 Å². The van der Waals surface area contributed by atoms with Crippen molar-refractivity contribution < 1.29 is 37.5 Å². The summed E-state index contributed by atoms with van der Waals surface area (Å²) in [6.45, 7) is 0.839. The van der Waals surface area contributed by atoms with E-state index in [2.05, 4.69) is 10.3 Å². The van der Waals surface area contributed by atoms with Crippen molar-refractivity contribution in [1.82, 2.24) is 20.1 Å². The molecule has 0 unspecified atom stereocenters. The van der Waals surface area contributed by atoms with Crippen molar-refractivity contribution in [3.63, 3.8) is 0 Å². The number of fused-ring (bicyclic) bond motifs is 3. The van der Waals surface area contributed by atoms with Gasteiger partial charge < -0.3 is 24.9 Å². The van der Waals surface area contributed by atoms with Crippen molar-refractivity contribution in [1.29, 1.82) is 0 Å². The molecule has 0 aliphatic carbocycles. The highest BCUT2D eigenvalue weighted by molar-refractivity contribution is 7.52. The Labute approximate surface area is 243 Å². The molecule has 3 aromatic rings. The van der Waals surface area contributed by atoms with Crippen LogP contribution in [0.15, 0.2) is 42.6 Å². The lowest BCUT2D eigenvalue weighted by molar-refractivity contribution is -0.147. The number of amides is 3. The average molecular weight is 619 g/mol. The van der Waals surface area contributed by atoms with E-state index >= 15 is 0 Å². The molecular weight excluding hydrogens is 589 g/mol. The molecule has 0 saturated carbocycles. The summed E-state index contributed by atoms with van der Waals surface area (Å²) in [5.41, 5.74) is -3.38. The van der Waals surface area contributed by atoms with Crippen molar-refractivity contribution >= 4 is 46.7 Å². The van der Waals surface area contributed by atoms with Crippen LogP contribution in [0.25, 0.3) is 10.1 Å². The molecule has 2 aromatic heterocycles. The van der Waals surface area contributed by atoms with E-state index in [-0.39, 0.29) is 28.1 Å². The molecule has 14 heteroatoms. The molecule has 10 nitrogen and oxygen atoms in total. The zero-order valence-corrected chi connectivity index (χ0v) is 24.1. The van der Waals surface area contributed by atoms with Crippen LogP contribution in [-0.2, 0) is 32.9 Å². The molecule has 3 atom stereocenters. The monoisotopic (exact) mass is 618 g/mol. The number of alkyl halides is 2. The van der Waals surface area contributed by atoms with Gasteiger partial charge >= 0.3 is 13.3 Å². The second-order valence-corrected chi connectivity index (χ2v) is 13.8. The van der Waals surface area contributed by atoms with Gasteiger partial charge in [0.2, 0.25) is 11.8 Å². The second-order valence-electron chi connectivity index (χ2n) is 11.1. The summed E-state index contributed by atoms with van der Waals surface area (Å²) in [6, 6.07) is 6.75. The van der Waals surface area contributed by atoms with Gasteiger partial charge in [0.05, 0.1) is 17.1 Å². The molecule has 1 aromatic carbocycles. The third-order valence-electron chi connectivity index (χ3n) is 8.38. The number of benzene rings is 1. The lowest BCUT2D eigenvalue weighted by Crippen LogP contribution is -2.56. The fourth-order valence-electron chi connectivity index (χ4n) is 6.21. The topological polar surface area (TPSA) is 140 Å². The third-order valence-corrected chi connectivity index (χ3v) is 10.5. The molecule has 2 fully saturated rings. The highest BCUT2D eigenvalue weighted by Gasteiger charge is 2.50. The number of hydrogen-bond acceptors (Lipinski definition) is 6. The van der Waals surface area contributed by atoms with Gasteiger partial charge in [-0.1, -0.05) is 25.0 Å². The Bertz CT molecular complexity index is 1600. The van der Waals surface area contributed by atoms with E-state index in [9.17, 15) is 27.7 Å². The van der Waals surface area contributed by atoms with Gasteiger partial charge in [-0.2, -0.15) is 8.78 Å². The third kappa shape index (κ3) is 5.12. The minimum Gasteiger partial charge on any atom is -0.340 e. The smallest absolute Gasteiger partial charge is 0.340 e. The first-order valence-electron chi connectivity index (χ1n) is 13.8. The van der Waals surface area contributed by atoms with Gasteiger partial charge in [-0.05, 0) is 60.9 Å². The van der Waals surface area contributed by atoms with Gasteiger partial charge in [-0.3, -0.25) is 23.9 Å². The molecule has 3 aliphatic rings. The fraction of sp³-hybridized carbons (Fsp3) is 0.429. The van der Waals surface area contributed by atoms with E-state index in [4.69, 9.17) is 9.79 Å². The Morgan fingerprint density at radius 1 is 1.07 bits per heavy atom. The molecular formula is C28H29F2N4O6PS. The predicted molar refractivity (Wildman–Crippen MR) is 150 cm³/mol. The Kier molecular flexibility index (Phi) is 7.41. The number of pyridine rings is 1. The minimum atomic E-state index is -5.74. The number of nitrogens with zero attached hydrogens (tertiary/aromatic N) is 3. The van der Waals surface area contributed by atoms with Crippen molar-refractivity contribution in [2.75, 3.05) is 0 Å². The molecule has 0 bridgehead atoms. The number of thiophene rings is 1. The van der Waals surface area contributed by atoms with Gasteiger partial charge in [0.25, 0.3) is 5.91 Å². The summed E-state index contributed by atoms with van der Waals surface area (Å²) in [6.07, 6.45) is 5.71. The Balaban J connectivity index is 1.20. The Hall–Kier alpha value is -3.25. The minimum absolute atomic E-state index is 0.0901. The van der Waals surface area contributed by atoms with Gasteiger partial charge in [0.15, 0.2) is 0 Å². The molecule has 3 aliphatic heterocycles. The number of halogens is 2. The van der Waals surface area contributed by atoms with E-state index in [0.29, 0.717) is 37.1 Å². The molecule has 5 heterocycles. The van der Waals surface area contributed by atoms with E-state index in [1.807, 2.05) is 12.1 Å². The molecule has 0 spiro atoms. The van der Waals surface area contributed by atoms with Crippen molar-refractivity contribution in [2.24, 2.45) is 0 Å². The summed E-state index contributed by atoms with van der Waals surface area (Å²) < 4.78 is 40.2. The first-order valence-corrected chi connectivity index (χ1v) is 16.2. The summed E-state index contributed by atoms with van der Waals surface area (Å²) in [4.78, 5) is 66.9. The van der Waals surface area contributed by atoms with Gasteiger partial charge in [0.1, 0.15) is 12.1 Å². The van der Waals surface area contributed by atoms with Crippen molar-refractivity contribution in [2.45, 2.75) is 75.4 Å². The van der Waals surface area contributed by atoms with Gasteiger partial charge in [0, 0.05) is 29.0 Å². The van der Waals surface area contributed by atoms with Crippen LogP contribution in [-0.4, -0.2) is 60.4 Å². The van der Waals surface area contributed by atoms with E-state index in [1.54, 1.807) is 16.0 Å². The Morgan fingerprint density at radius 3 is 2.62 bits per heavy atom. The first-order chi connectivity index (χ1) is 19.9. The second kappa shape index (κ2) is 10.8. The predicted octanol–water partition coefficient (Wildman–Crippen LogP) is 4.10. The van der Waals surface area contributed by atoms with Crippen molar-refractivity contribution in [3.05, 3.63) is 64.3 Å². The molecule has 3 amide bonds. The number of rotatable bonds is 5. The average Bonchev–Trinajstić information content (AvgIpc) is 3.68. The van der Waals surface area contributed by atoms with E-state index in [0.717, 1.165) is 54.0 Å². The van der Waals surface area contributed by atoms with E-state index in [1.165, 1.54) is 12.1 Å². The highest BCUT2D eigenvalue weighted by atomic mass is 32.1. The van der Waals surface area contributed by atoms with Crippen LogP contribution in [0.3, 0.4) is 0 Å². The summed E-state index contributed by atoms with van der Waals surface area (Å²) in [5, 5.41) is 3.04. The normalized spacial score (nSPS) is 23.0. The highest BCUT2D eigenvalue weighted by Crippen LogP contribution is 2.59. The van der Waals surface area contributed by atoms with Crippen LogP contribution >= 0.6 is 18.9 Å². The summed E-state index contributed by atoms with van der Waals surface area (Å²) >= 11 is 1.02. The standard InChI is InChI=1S/C28H29F2N4O6PS/c29-28(30,41(38,39)40)18-7-10-23-17(12-18)13-24(42-23)25(35)32-20-6-2-1-5-19-8-9-22(34(19)26(20)36)27(37)33-14-16-4-3-11-31-21(16)15-33/h3-4,7,10-13,19-20,22H,1-2,5-6,8-9,14-15H2,(H,32,35)(H2,38,39,40)/t19-,20-,22-/m0/s1. The van der Waals surface area contributed by atoms with Crippen molar-refractivity contribution in [3.8, 4) is 0 Å². The Morgan fingerprint density at radius 2 is 1.86 bits per heavy atom. The van der Waals surface area contributed by atoms with Crippen LogP contribution in [0.5, 0.6) is 0 Å². The van der Waals surface area contributed by atoms with Crippen LogP contribution in [0.2, 0.25) is 0 Å². The number of aromatic nitrogens is 1. The molecule has 42 heavy (non-hydrogen) atoms. The maximum absolute atomic E-state index is 14.2. The maximum atomic E-state index is 14.2. The quantitative estimate of drug-likeness (QED) is 0.366. The van der Waals surface area contributed by atoms with Crippen LogP contribution in [0, 0.1) is 0 Å². The van der Waals surface area contributed by atoms with E-state index < -0.39 is 36.8 Å². The lowest BCUT2D eigenvalue weighted by Gasteiger charge is -2.36. The summed E-state index contributed by atoms with van der Waals surface area (Å²) in [5.74, 6) is -0.983. The number of hydrogen-bond donors (Lipinski definition) is 3. The molecule has 222 valence electrons. The molecule has 0 radical (unpaired) electrons. The number of carbonyl (C=O) groups excluding carboxylic acids is 3. The maximum Gasteiger partial charge on any atom is 0.399 e. The molecule has 6 rings (SSSR count). The number of carbonyl (C=O) groups is 3. The van der Waals surface area contributed by atoms with Crippen LogP contribution in [0.4, 0.5) is 8.78 Å².